The predicted octanol–water partition coefficient (Wildman–Crippen LogP) is -0.388. The van der Waals surface area contributed by atoms with E-state index < -0.39 is 0 Å². The zero-order chi connectivity index (χ0) is 0. The number of rotatable bonds is 0. The standard InChI is InChI=1S/Cd.In.S.Zn/q+2;+3;-2;+2. The fourth-order valence-corrected chi connectivity index (χ4v) is 0. The fraction of sp³-hybridized carbons (Fsp3) is 0. The van der Waals surface area contributed by atoms with Gasteiger partial charge in [0.1, 0.15) is 0 Å². The molecule has 0 saturated carbocycles. The molecule has 0 bridgehead atoms. The van der Waals surface area contributed by atoms with Gasteiger partial charge in [0.25, 0.3) is 0 Å². The molecular formula is CdInSZn+5. The largest absolute Gasteiger partial charge is 3.00 e. The van der Waals surface area contributed by atoms with Gasteiger partial charge in [-0.2, -0.15) is 0 Å². The summed E-state index contributed by atoms with van der Waals surface area (Å²) in [6, 6.07) is 0. The summed E-state index contributed by atoms with van der Waals surface area (Å²) >= 11 is 0. The van der Waals surface area contributed by atoms with Gasteiger partial charge in [-0.3, -0.25) is 0 Å². The summed E-state index contributed by atoms with van der Waals surface area (Å²) in [6.45, 7) is 0. The zero-order valence-corrected chi connectivity index (χ0v) is 13.5. The average molecular weight is 325 g/mol. The maximum Gasteiger partial charge on any atom is 3.00 e. The molecule has 0 N–H and O–H groups in total. The Morgan fingerprint density at radius 2 is 1.00 bits per heavy atom. The maximum absolute atomic E-state index is 0. The normalized spacial score (nSPS) is 0. The van der Waals surface area contributed by atoms with Gasteiger partial charge in [-0.15, -0.1) is 0 Å². The van der Waals surface area contributed by atoms with Crippen LogP contribution in [0.1, 0.15) is 0 Å². The molecule has 0 aliphatic carbocycles. The van der Waals surface area contributed by atoms with Gasteiger partial charge in [-0.05, 0) is 0 Å². The fourth-order valence-electron chi connectivity index (χ4n) is 0. The Bertz CT molecular complexity index is 8.00. The zero-order valence-electron chi connectivity index (χ0n) is 2.40. The Balaban J connectivity index is 0. The van der Waals surface area contributed by atoms with Crippen LogP contribution >= 0.6 is 0 Å². The van der Waals surface area contributed by atoms with Gasteiger partial charge in [0.05, 0.1) is 0 Å². The topological polar surface area (TPSA) is 0 Å². The molecule has 0 aromatic carbocycles. The van der Waals surface area contributed by atoms with Crippen molar-refractivity contribution in [2.75, 3.05) is 0 Å². The van der Waals surface area contributed by atoms with Crippen LogP contribution in [0.3, 0.4) is 0 Å². The number of hydrogen-bond donors (Lipinski definition) is 0. The first-order valence-electron chi connectivity index (χ1n) is 0. The third-order valence-electron chi connectivity index (χ3n) is 0. The SMILES string of the molecule is [Cd+2].[In+3].[S-2].[Zn+2]. The minimum atomic E-state index is 0. The van der Waals surface area contributed by atoms with E-state index >= 15 is 0 Å². The molecule has 0 atom stereocenters. The maximum atomic E-state index is 0. The van der Waals surface area contributed by atoms with E-state index in [4.69, 9.17) is 0 Å². The van der Waals surface area contributed by atoms with Crippen LogP contribution in [0.5, 0.6) is 0 Å². The van der Waals surface area contributed by atoms with E-state index in [9.17, 15) is 0 Å². The Morgan fingerprint density at radius 1 is 1.00 bits per heavy atom. The van der Waals surface area contributed by atoms with Crippen molar-refractivity contribution in [3.8, 4) is 0 Å². The smallest absolute Gasteiger partial charge is 2.00 e. The van der Waals surface area contributed by atoms with Crippen molar-refractivity contribution in [3.63, 3.8) is 0 Å². The van der Waals surface area contributed by atoms with Crippen molar-refractivity contribution >= 4 is 39.3 Å². The van der Waals surface area contributed by atoms with E-state index in [2.05, 4.69) is 0 Å². The van der Waals surface area contributed by atoms with Crippen molar-refractivity contribution in [2.45, 2.75) is 0 Å². The molecule has 0 radical (unpaired) electrons. The van der Waals surface area contributed by atoms with Crippen LogP contribution in [0.2, 0.25) is 0 Å². The average Bonchev–Trinajstić information content (AvgIpc) is 0. The minimum Gasteiger partial charge on any atom is -2.00 e. The van der Waals surface area contributed by atoms with E-state index in [1.807, 2.05) is 0 Å². The summed E-state index contributed by atoms with van der Waals surface area (Å²) in [5.41, 5.74) is 0. The second-order valence-electron chi connectivity index (χ2n) is 0. The second-order valence-corrected chi connectivity index (χ2v) is 0. The van der Waals surface area contributed by atoms with E-state index in [0.29, 0.717) is 0 Å². The van der Waals surface area contributed by atoms with E-state index in [1.165, 1.54) is 0 Å². The monoisotopic (exact) mass is 325 g/mol. The summed E-state index contributed by atoms with van der Waals surface area (Å²) in [5, 5.41) is 0. The van der Waals surface area contributed by atoms with Crippen molar-refractivity contribution in [2.24, 2.45) is 0 Å². The van der Waals surface area contributed by atoms with Crippen LogP contribution in [0.25, 0.3) is 0 Å². The predicted molar refractivity (Wildman–Crippen MR) is 13.1 cm³/mol. The summed E-state index contributed by atoms with van der Waals surface area (Å²) in [6.07, 6.45) is 0. The van der Waals surface area contributed by atoms with E-state index in [1.54, 1.807) is 0 Å². The Labute approximate surface area is 84.6 Å². The van der Waals surface area contributed by atoms with Crippen LogP contribution in [0, 0.1) is 0 Å². The van der Waals surface area contributed by atoms with Gasteiger partial charge >= 0.3 is 72.6 Å². The van der Waals surface area contributed by atoms with Gasteiger partial charge in [0, 0.05) is 0 Å². The second kappa shape index (κ2) is 17.1. The van der Waals surface area contributed by atoms with Crippen LogP contribution in [-0.2, 0) is 60.3 Å². The van der Waals surface area contributed by atoms with Crippen molar-refractivity contribution in [1.82, 2.24) is 0 Å². The molecule has 8 valence electrons. The molecule has 0 unspecified atom stereocenters. The first-order chi connectivity index (χ1) is 0. The third-order valence-corrected chi connectivity index (χ3v) is 0. The first kappa shape index (κ1) is 29.4. The summed E-state index contributed by atoms with van der Waals surface area (Å²) in [7, 11) is 0. The summed E-state index contributed by atoms with van der Waals surface area (Å²) in [5.74, 6) is 0. The Morgan fingerprint density at radius 3 is 1.00 bits per heavy atom. The van der Waals surface area contributed by atoms with E-state index in [0.717, 1.165) is 0 Å². The molecule has 0 aliphatic heterocycles. The van der Waals surface area contributed by atoms with Crippen LogP contribution in [0.15, 0.2) is 0 Å². The Kier molecular flexibility index (Phi) is 126. The summed E-state index contributed by atoms with van der Waals surface area (Å²) < 4.78 is 0. The summed E-state index contributed by atoms with van der Waals surface area (Å²) in [4.78, 5) is 0. The van der Waals surface area contributed by atoms with Crippen LogP contribution in [0.4, 0.5) is 0 Å². The van der Waals surface area contributed by atoms with E-state index in [-0.39, 0.29) is 86.1 Å². The third kappa shape index (κ3) is 8.84. The van der Waals surface area contributed by atoms with Gasteiger partial charge in [-0.25, -0.2) is 0 Å². The quantitative estimate of drug-likeness (QED) is 0.533. The van der Waals surface area contributed by atoms with Gasteiger partial charge in [0.2, 0.25) is 0 Å². The van der Waals surface area contributed by atoms with Gasteiger partial charge in [0.15, 0.2) is 0 Å². The molecule has 4 heteroatoms. The van der Waals surface area contributed by atoms with Crippen LogP contribution < -0.4 is 0 Å². The molecule has 0 fully saturated rings. The molecule has 4 heavy (non-hydrogen) atoms. The Hall–Kier alpha value is 2.77. The van der Waals surface area contributed by atoms with Crippen molar-refractivity contribution < 1.29 is 46.8 Å². The van der Waals surface area contributed by atoms with Gasteiger partial charge < -0.3 is 13.5 Å². The van der Waals surface area contributed by atoms with Gasteiger partial charge in [-0.1, -0.05) is 0 Å². The molecule has 0 aromatic heterocycles. The molecular weight excluding hydrogens is 325 g/mol. The molecule has 0 aromatic rings. The molecule has 0 spiro atoms. The molecule has 0 saturated heterocycles. The molecule has 0 rings (SSSR count). The first-order valence-corrected chi connectivity index (χ1v) is 0. The molecule has 0 nitrogen and oxygen atoms in total. The molecule has 0 amide bonds. The minimum absolute atomic E-state index is 0. The molecule has 0 heterocycles. The van der Waals surface area contributed by atoms with Crippen molar-refractivity contribution in [3.05, 3.63) is 0 Å². The number of hydrogen-bond acceptors (Lipinski definition) is 0. The molecule has 0 aliphatic rings. The van der Waals surface area contributed by atoms with Crippen molar-refractivity contribution in [1.29, 1.82) is 0 Å². The van der Waals surface area contributed by atoms with Crippen LogP contribution in [-0.4, -0.2) is 25.8 Å².